The highest BCUT2D eigenvalue weighted by molar-refractivity contribution is 5.40. The first-order valence-electron chi connectivity index (χ1n) is 5.96. The fraction of sp³-hybridized carbons (Fsp3) is 0.833. The number of hydrogen-bond donors (Lipinski definition) is 0. The summed E-state index contributed by atoms with van der Waals surface area (Å²) in [6.07, 6.45) is 8.80. The van der Waals surface area contributed by atoms with Crippen molar-refractivity contribution in [2.75, 3.05) is 0 Å². The zero-order valence-electron chi connectivity index (χ0n) is 9.06. The van der Waals surface area contributed by atoms with Gasteiger partial charge in [0.25, 0.3) is 0 Å². The molecule has 84 valence electrons. The SMILES string of the molecule is O=C=NC1(N=C=O)C2CC3CC(C2)CC1C3. The largest absolute Gasteiger partial charge is 0.237 e. The molecular formula is C12H14N2O2. The molecule has 0 aliphatic heterocycles. The molecule has 0 aromatic rings. The predicted octanol–water partition coefficient (Wildman–Crippen LogP) is 1.81. The van der Waals surface area contributed by atoms with Gasteiger partial charge in [0.05, 0.1) is 0 Å². The van der Waals surface area contributed by atoms with Crippen molar-refractivity contribution in [1.82, 2.24) is 0 Å². The van der Waals surface area contributed by atoms with Gasteiger partial charge in [-0.15, -0.1) is 0 Å². The van der Waals surface area contributed by atoms with Gasteiger partial charge in [-0.2, -0.15) is 9.98 Å². The molecule has 16 heavy (non-hydrogen) atoms. The van der Waals surface area contributed by atoms with Gasteiger partial charge < -0.3 is 0 Å². The van der Waals surface area contributed by atoms with Crippen LogP contribution in [0.3, 0.4) is 0 Å². The van der Waals surface area contributed by atoms with E-state index in [1.54, 1.807) is 12.2 Å². The molecule has 4 fully saturated rings. The maximum Gasteiger partial charge on any atom is 0.237 e. The monoisotopic (exact) mass is 218 g/mol. The molecule has 4 bridgehead atoms. The van der Waals surface area contributed by atoms with Crippen molar-refractivity contribution in [1.29, 1.82) is 0 Å². The van der Waals surface area contributed by atoms with E-state index in [1.165, 1.54) is 6.42 Å². The molecule has 4 aliphatic carbocycles. The molecule has 0 aromatic carbocycles. The van der Waals surface area contributed by atoms with Crippen LogP contribution in [-0.4, -0.2) is 17.8 Å². The summed E-state index contributed by atoms with van der Waals surface area (Å²) in [7, 11) is 0. The van der Waals surface area contributed by atoms with Gasteiger partial charge in [0.2, 0.25) is 12.2 Å². The van der Waals surface area contributed by atoms with Crippen molar-refractivity contribution in [3.8, 4) is 0 Å². The van der Waals surface area contributed by atoms with E-state index in [-0.39, 0.29) is 11.8 Å². The highest BCUT2D eigenvalue weighted by atomic mass is 16.1. The zero-order valence-corrected chi connectivity index (χ0v) is 9.06. The summed E-state index contributed by atoms with van der Waals surface area (Å²) in [5.74, 6) is 2.07. The zero-order chi connectivity index (χ0) is 11.2. The van der Waals surface area contributed by atoms with Gasteiger partial charge in [-0.1, -0.05) is 0 Å². The summed E-state index contributed by atoms with van der Waals surface area (Å²) in [5.41, 5.74) is -0.795. The second-order valence-electron chi connectivity index (χ2n) is 5.49. The highest BCUT2D eigenvalue weighted by Gasteiger charge is 2.58. The molecule has 4 heteroatoms. The van der Waals surface area contributed by atoms with Crippen molar-refractivity contribution < 1.29 is 9.59 Å². The number of hydrogen-bond acceptors (Lipinski definition) is 4. The minimum Gasteiger partial charge on any atom is -0.211 e. The first kappa shape index (κ1) is 9.95. The van der Waals surface area contributed by atoms with Crippen molar-refractivity contribution in [3.05, 3.63) is 0 Å². The summed E-state index contributed by atoms with van der Waals surface area (Å²) in [6.45, 7) is 0. The first-order chi connectivity index (χ1) is 7.78. The van der Waals surface area contributed by atoms with Crippen LogP contribution in [0.15, 0.2) is 9.98 Å². The lowest BCUT2D eigenvalue weighted by atomic mass is 9.51. The minimum absolute atomic E-state index is 0.270. The first-order valence-corrected chi connectivity index (χ1v) is 5.96. The van der Waals surface area contributed by atoms with Crippen LogP contribution in [0.4, 0.5) is 0 Å². The number of nitrogens with zero attached hydrogens (tertiary/aromatic N) is 2. The Balaban J connectivity index is 2.05. The van der Waals surface area contributed by atoms with E-state index in [0.717, 1.165) is 37.5 Å². The van der Waals surface area contributed by atoms with Crippen LogP contribution in [-0.2, 0) is 9.59 Å². The van der Waals surface area contributed by atoms with E-state index in [4.69, 9.17) is 0 Å². The molecule has 0 aromatic heterocycles. The molecule has 0 radical (unpaired) electrons. The van der Waals surface area contributed by atoms with Crippen LogP contribution in [0.25, 0.3) is 0 Å². The summed E-state index contributed by atoms with van der Waals surface area (Å²) in [4.78, 5) is 29.0. The Bertz CT molecular complexity index is 357. The molecule has 0 amide bonds. The normalized spacial score (nSPS) is 48.2. The van der Waals surface area contributed by atoms with Gasteiger partial charge in [-0.05, 0) is 43.9 Å². The van der Waals surface area contributed by atoms with E-state index in [9.17, 15) is 9.59 Å². The van der Waals surface area contributed by atoms with E-state index in [0.29, 0.717) is 0 Å². The van der Waals surface area contributed by atoms with Crippen molar-refractivity contribution in [2.24, 2.45) is 33.7 Å². The smallest absolute Gasteiger partial charge is 0.211 e. The van der Waals surface area contributed by atoms with Gasteiger partial charge in [-0.25, -0.2) is 9.59 Å². The predicted molar refractivity (Wildman–Crippen MR) is 56.0 cm³/mol. The fourth-order valence-electron chi connectivity index (χ4n) is 4.41. The average Bonchev–Trinajstić information content (AvgIpc) is 2.25. The van der Waals surface area contributed by atoms with E-state index in [2.05, 4.69) is 9.98 Å². The van der Waals surface area contributed by atoms with E-state index in [1.807, 2.05) is 0 Å². The Morgan fingerprint density at radius 1 is 0.812 bits per heavy atom. The molecule has 0 spiro atoms. The highest BCUT2D eigenvalue weighted by Crippen LogP contribution is 2.59. The lowest BCUT2D eigenvalue weighted by Crippen LogP contribution is -2.55. The molecule has 4 nitrogen and oxygen atoms in total. The summed E-state index contributed by atoms with van der Waals surface area (Å²) in [5, 5.41) is 0. The average molecular weight is 218 g/mol. The van der Waals surface area contributed by atoms with Crippen molar-refractivity contribution in [3.63, 3.8) is 0 Å². The molecule has 0 atom stereocenters. The third-order valence-corrected chi connectivity index (χ3v) is 4.79. The third kappa shape index (κ3) is 1.17. The molecule has 0 unspecified atom stereocenters. The molecule has 0 N–H and O–H groups in total. The molecule has 0 saturated heterocycles. The third-order valence-electron chi connectivity index (χ3n) is 4.79. The van der Waals surface area contributed by atoms with Gasteiger partial charge >= 0.3 is 0 Å². The molecule has 4 saturated carbocycles. The van der Waals surface area contributed by atoms with E-state index >= 15 is 0 Å². The fourth-order valence-corrected chi connectivity index (χ4v) is 4.41. The van der Waals surface area contributed by atoms with Crippen LogP contribution >= 0.6 is 0 Å². The minimum atomic E-state index is -0.795. The van der Waals surface area contributed by atoms with E-state index < -0.39 is 5.66 Å². The van der Waals surface area contributed by atoms with Gasteiger partial charge in [0, 0.05) is 11.8 Å². The number of rotatable bonds is 2. The second kappa shape index (κ2) is 3.38. The van der Waals surface area contributed by atoms with Crippen LogP contribution in [0, 0.1) is 23.7 Å². The van der Waals surface area contributed by atoms with Crippen LogP contribution in [0.5, 0.6) is 0 Å². The van der Waals surface area contributed by atoms with Gasteiger partial charge in [-0.3, -0.25) is 0 Å². The Labute approximate surface area is 93.8 Å². The number of aliphatic imine (C=N–C) groups is 2. The summed E-state index contributed by atoms with van der Waals surface area (Å²) >= 11 is 0. The summed E-state index contributed by atoms with van der Waals surface area (Å²) in [6, 6.07) is 0. The van der Waals surface area contributed by atoms with Crippen molar-refractivity contribution >= 4 is 12.2 Å². The molecule has 4 aliphatic rings. The Hall–Kier alpha value is -1.24. The topological polar surface area (TPSA) is 58.9 Å². The van der Waals surface area contributed by atoms with Gasteiger partial charge in [0.1, 0.15) is 0 Å². The van der Waals surface area contributed by atoms with Crippen LogP contribution in [0.2, 0.25) is 0 Å². The maximum absolute atomic E-state index is 10.6. The molecule has 0 heterocycles. The lowest BCUT2D eigenvalue weighted by Gasteiger charge is -2.56. The maximum atomic E-state index is 10.6. The number of isocyanates is 2. The quantitative estimate of drug-likeness (QED) is 0.524. The number of carbonyl (C=O) groups excluding carboxylic acids is 2. The Kier molecular flexibility index (Phi) is 2.10. The van der Waals surface area contributed by atoms with Crippen molar-refractivity contribution in [2.45, 2.75) is 37.8 Å². The molecular weight excluding hydrogens is 204 g/mol. The van der Waals surface area contributed by atoms with Gasteiger partial charge in [0.15, 0.2) is 5.66 Å². The standard InChI is InChI=1S/C12H14N2O2/c15-6-13-12(14-7-16)10-2-8-1-9(4-10)5-11(12)3-8/h8-11H,1-5H2. The van der Waals surface area contributed by atoms with Crippen LogP contribution in [0.1, 0.15) is 32.1 Å². The second-order valence-corrected chi connectivity index (χ2v) is 5.49. The Morgan fingerprint density at radius 2 is 1.25 bits per heavy atom. The summed E-state index contributed by atoms with van der Waals surface area (Å²) < 4.78 is 0. The van der Waals surface area contributed by atoms with Crippen LogP contribution < -0.4 is 0 Å². The Morgan fingerprint density at radius 3 is 1.62 bits per heavy atom. The molecule has 4 rings (SSSR count). The lowest BCUT2D eigenvalue weighted by molar-refractivity contribution is -0.0495.